The summed E-state index contributed by atoms with van der Waals surface area (Å²) in [6.07, 6.45) is 12.9. The van der Waals surface area contributed by atoms with E-state index in [-0.39, 0.29) is 0 Å². The monoisotopic (exact) mass is 201 g/mol. The van der Waals surface area contributed by atoms with Crippen LogP contribution in [0.5, 0.6) is 0 Å². The predicted octanol–water partition coefficient (Wildman–Crippen LogP) is 3.65. The van der Waals surface area contributed by atoms with E-state index < -0.39 is 0 Å². The van der Waals surface area contributed by atoms with E-state index in [0.717, 1.165) is 16.8 Å². The third-order valence-corrected chi connectivity index (χ3v) is 2.03. The molecule has 0 rings (SSSR count). The molecule has 0 saturated carbocycles. The first-order valence-corrected chi connectivity index (χ1v) is 4.85. The van der Waals surface area contributed by atoms with Gasteiger partial charge in [0.1, 0.15) is 0 Å². The van der Waals surface area contributed by atoms with Crippen molar-refractivity contribution in [2.75, 3.05) is 0 Å². The van der Waals surface area contributed by atoms with Crippen LogP contribution < -0.4 is 5.73 Å². The van der Waals surface area contributed by atoms with Gasteiger partial charge in [0.05, 0.1) is 0 Å². The van der Waals surface area contributed by atoms with Crippen molar-refractivity contribution in [1.29, 1.82) is 0 Å². The van der Waals surface area contributed by atoms with E-state index in [1.807, 2.05) is 44.2 Å². The smallest absolute Gasteiger partial charge is 0.0346 e. The molecular formula is C14H19N. The maximum absolute atomic E-state index is 5.87. The Morgan fingerprint density at radius 3 is 2.13 bits per heavy atom. The Balaban J connectivity index is 4.81. The van der Waals surface area contributed by atoms with Crippen LogP contribution in [0.15, 0.2) is 72.5 Å². The Morgan fingerprint density at radius 2 is 1.60 bits per heavy atom. The number of rotatable bonds is 5. The Kier molecular flexibility index (Phi) is 6.73. The molecule has 1 nitrogen and oxygen atoms in total. The Morgan fingerprint density at radius 1 is 1.00 bits per heavy atom. The van der Waals surface area contributed by atoms with Gasteiger partial charge in [-0.1, -0.05) is 49.6 Å². The maximum atomic E-state index is 5.87. The summed E-state index contributed by atoms with van der Waals surface area (Å²) < 4.78 is 0. The van der Waals surface area contributed by atoms with Crippen molar-refractivity contribution in [3.05, 3.63) is 72.5 Å². The van der Waals surface area contributed by atoms with E-state index in [1.54, 1.807) is 12.2 Å². The molecule has 0 fully saturated rings. The number of nitrogens with two attached hydrogens (primary N) is 1. The highest BCUT2D eigenvalue weighted by atomic mass is 14.6. The summed E-state index contributed by atoms with van der Waals surface area (Å²) in [4.78, 5) is 0. The van der Waals surface area contributed by atoms with Crippen LogP contribution in [-0.4, -0.2) is 0 Å². The molecule has 0 aromatic carbocycles. The fourth-order valence-electron chi connectivity index (χ4n) is 0.928. The van der Waals surface area contributed by atoms with Gasteiger partial charge in [-0.25, -0.2) is 0 Å². The van der Waals surface area contributed by atoms with E-state index in [1.165, 1.54) is 0 Å². The van der Waals surface area contributed by atoms with Gasteiger partial charge in [-0.15, -0.1) is 0 Å². The van der Waals surface area contributed by atoms with E-state index in [4.69, 9.17) is 5.73 Å². The lowest BCUT2D eigenvalue weighted by atomic mass is 10.1. The Labute approximate surface area is 92.7 Å². The third kappa shape index (κ3) is 5.53. The lowest BCUT2D eigenvalue weighted by Gasteiger charge is -2.03. The second kappa shape index (κ2) is 7.63. The molecule has 0 aliphatic carbocycles. The Bertz CT molecular complexity index is 338. The average Bonchev–Trinajstić information content (AvgIpc) is 2.24. The van der Waals surface area contributed by atoms with Crippen molar-refractivity contribution in [3.63, 3.8) is 0 Å². The molecule has 0 heterocycles. The van der Waals surface area contributed by atoms with Gasteiger partial charge in [0, 0.05) is 5.70 Å². The molecule has 0 radical (unpaired) electrons. The molecule has 0 aromatic heterocycles. The van der Waals surface area contributed by atoms with Crippen molar-refractivity contribution in [3.8, 4) is 0 Å². The van der Waals surface area contributed by atoms with Gasteiger partial charge >= 0.3 is 0 Å². The number of allylic oxidation sites excluding steroid dienone is 9. The zero-order valence-electron chi connectivity index (χ0n) is 9.53. The molecule has 1 heteroatoms. The van der Waals surface area contributed by atoms with Gasteiger partial charge in [-0.05, 0) is 31.1 Å². The zero-order valence-corrected chi connectivity index (χ0v) is 9.53. The van der Waals surface area contributed by atoms with Crippen molar-refractivity contribution in [1.82, 2.24) is 0 Å². The van der Waals surface area contributed by atoms with Crippen LogP contribution in [-0.2, 0) is 0 Å². The van der Waals surface area contributed by atoms with Crippen LogP contribution in [0.1, 0.15) is 13.8 Å². The standard InChI is InChI=1S/C14H19N/c1-5-7-9-10-12(3)13(4)14(15)11-8-6-2/h5-11H,1-2,15H2,3-4H3/b9-7-,11-8-,12-10+,14-13-. The van der Waals surface area contributed by atoms with Gasteiger partial charge < -0.3 is 5.73 Å². The lowest BCUT2D eigenvalue weighted by molar-refractivity contribution is 1.24. The molecule has 0 saturated heterocycles. The predicted molar refractivity (Wildman–Crippen MR) is 69.3 cm³/mol. The molecule has 0 aromatic rings. The molecule has 2 N–H and O–H groups in total. The summed E-state index contributed by atoms with van der Waals surface area (Å²) in [6, 6.07) is 0. The van der Waals surface area contributed by atoms with E-state index in [2.05, 4.69) is 13.2 Å². The molecule has 0 atom stereocenters. The number of hydrogen-bond acceptors (Lipinski definition) is 1. The average molecular weight is 201 g/mol. The first-order valence-electron chi connectivity index (χ1n) is 4.85. The highest BCUT2D eigenvalue weighted by Gasteiger charge is 1.95. The minimum Gasteiger partial charge on any atom is -0.399 e. The number of hydrogen-bond donors (Lipinski definition) is 1. The van der Waals surface area contributed by atoms with Gasteiger partial charge in [0.2, 0.25) is 0 Å². The quantitative estimate of drug-likeness (QED) is 0.675. The van der Waals surface area contributed by atoms with Crippen molar-refractivity contribution >= 4 is 0 Å². The van der Waals surface area contributed by atoms with Gasteiger partial charge in [-0.2, -0.15) is 0 Å². The van der Waals surface area contributed by atoms with Crippen molar-refractivity contribution in [2.24, 2.45) is 5.73 Å². The second-order valence-corrected chi connectivity index (χ2v) is 3.15. The molecule has 0 unspecified atom stereocenters. The van der Waals surface area contributed by atoms with Crippen molar-refractivity contribution < 1.29 is 0 Å². The SMILES string of the molecule is C=C\C=C/C=C(C)/C(C)=C(N)/C=C\C=C. The molecule has 0 aliphatic heterocycles. The summed E-state index contributed by atoms with van der Waals surface area (Å²) in [6.45, 7) is 11.2. The minimum atomic E-state index is 0.760. The lowest BCUT2D eigenvalue weighted by Crippen LogP contribution is -1.98. The molecular weight excluding hydrogens is 182 g/mol. The summed E-state index contributed by atoms with van der Waals surface area (Å²) in [7, 11) is 0. The zero-order chi connectivity index (χ0) is 11.7. The van der Waals surface area contributed by atoms with E-state index >= 15 is 0 Å². The molecule has 0 aliphatic rings. The van der Waals surface area contributed by atoms with Gasteiger partial charge in [0.25, 0.3) is 0 Å². The summed E-state index contributed by atoms with van der Waals surface area (Å²) in [5.74, 6) is 0. The fourth-order valence-corrected chi connectivity index (χ4v) is 0.928. The van der Waals surface area contributed by atoms with Crippen molar-refractivity contribution in [2.45, 2.75) is 13.8 Å². The van der Waals surface area contributed by atoms with Crippen LogP contribution in [0.4, 0.5) is 0 Å². The normalized spacial score (nSPS) is 14.4. The second-order valence-electron chi connectivity index (χ2n) is 3.15. The Hall–Kier alpha value is -1.76. The molecule has 80 valence electrons. The molecule has 0 bridgehead atoms. The van der Waals surface area contributed by atoms with Crippen LogP contribution in [0.3, 0.4) is 0 Å². The molecule has 0 spiro atoms. The third-order valence-electron chi connectivity index (χ3n) is 2.03. The topological polar surface area (TPSA) is 26.0 Å². The van der Waals surface area contributed by atoms with E-state index in [0.29, 0.717) is 0 Å². The maximum Gasteiger partial charge on any atom is 0.0346 e. The summed E-state index contributed by atoms with van der Waals surface area (Å²) in [5.41, 5.74) is 8.84. The largest absolute Gasteiger partial charge is 0.399 e. The first kappa shape index (κ1) is 13.2. The fraction of sp³-hybridized carbons (Fsp3) is 0.143. The molecule has 0 amide bonds. The van der Waals surface area contributed by atoms with Gasteiger partial charge in [0.15, 0.2) is 0 Å². The summed E-state index contributed by atoms with van der Waals surface area (Å²) in [5, 5.41) is 0. The van der Waals surface area contributed by atoms with Crippen LogP contribution in [0.2, 0.25) is 0 Å². The van der Waals surface area contributed by atoms with Crippen LogP contribution in [0, 0.1) is 0 Å². The van der Waals surface area contributed by atoms with E-state index in [9.17, 15) is 0 Å². The minimum absolute atomic E-state index is 0.760. The van der Waals surface area contributed by atoms with Crippen LogP contribution in [0.25, 0.3) is 0 Å². The highest BCUT2D eigenvalue weighted by Crippen LogP contribution is 2.11. The molecule has 15 heavy (non-hydrogen) atoms. The highest BCUT2D eigenvalue weighted by molar-refractivity contribution is 5.38. The first-order chi connectivity index (χ1) is 7.13. The van der Waals surface area contributed by atoms with Gasteiger partial charge in [-0.3, -0.25) is 0 Å². The van der Waals surface area contributed by atoms with Crippen LogP contribution >= 0.6 is 0 Å². The summed E-state index contributed by atoms with van der Waals surface area (Å²) >= 11 is 0.